The maximum atomic E-state index is 12.2. The molecule has 0 saturated heterocycles. The maximum Gasteiger partial charge on any atom is 0.226 e. The second-order valence-electron chi connectivity index (χ2n) is 5.25. The summed E-state index contributed by atoms with van der Waals surface area (Å²) in [5.41, 5.74) is 2.82. The topological polar surface area (TPSA) is 52.5 Å². The van der Waals surface area contributed by atoms with Crippen molar-refractivity contribution < 1.29 is 14.3 Å². The first kappa shape index (κ1) is 17.2. The number of hydrogen-bond donors (Lipinski definition) is 1. The van der Waals surface area contributed by atoms with Gasteiger partial charge in [-0.15, -0.1) is 0 Å². The number of nitrogens with one attached hydrogen (secondary N) is 1. The number of carbonyl (C=O) groups excluding carboxylic acids is 1. The van der Waals surface area contributed by atoms with E-state index in [1.54, 1.807) is 12.1 Å². The van der Waals surface area contributed by atoms with Crippen LogP contribution in [0.1, 0.15) is 17.8 Å². The highest BCUT2D eigenvalue weighted by molar-refractivity contribution is 6.32. The average molecular weight is 337 g/mol. The molecule has 0 aliphatic rings. The highest BCUT2D eigenvalue weighted by atomic mass is 35.5. The second-order valence-corrected chi connectivity index (χ2v) is 5.66. The van der Waals surface area contributed by atoms with Gasteiger partial charge >= 0.3 is 0 Å². The van der Waals surface area contributed by atoms with Gasteiger partial charge in [-0.2, -0.15) is 0 Å². The molecule has 0 radical (unpaired) electrons. The van der Waals surface area contributed by atoms with Gasteiger partial charge < -0.3 is 19.4 Å². The number of methoxy groups -OCH3 is 2. The van der Waals surface area contributed by atoms with E-state index in [1.165, 1.54) is 14.2 Å². The zero-order chi connectivity index (χ0) is 17.0. The van der Waals surface area contributed by atoms with E-state index in [4.69, 9.17) is 21.1 Å². The quantitative estimate of drug-likeness (QED) is 0.872. The molecule has 0 saturated carbocycles. The Hall–Kier alpha value is -2.14. The fraction of sp³-hybridized carbons (Fsp3) is 0.353. The summed E-state index contributed by atoms with van der Waals surface area (Å²) in [4.78, 5) is 12.2. The molecule has 1 heterocycles. The number of amides is 1. The summed E-state index contributed by atoms with van der Waals surface area (Å²) in [6.45, 7) is 4.68. The number of nitrogens with zero attached hydrogens (tertiary/aromatic N) is 1. The SMILES string of the molecule is COc1cc(NC(=O)CCn2c(C)ccc2C)c(OC)cc1Cl. The summed E-state index contributed by atoms with van der Waals surface area (Å²) >= 11 is 6.06. The molecule has 1 N–H and O–H groups in total. The van der Waals surface area contributed by atoms with Crippen molar-refractivity contribution in [3.8, 4) is 11.5 Å². The van der Waals surface area contributed by atoms with Gasteiger partial charge in [-0.3, -0.25) is 4.79 Å². The zero-order valence-corrected chi connectivity index (χ0v) is 14.5. The molecule has 2 aromatic rings. The molecule has 6 heteroatoms. The largest absolute Gasteiger partial charge is 0.495 e. The van der Waals surface area contributed by atoms with Crippen LogP contribution in [0.5, 0.6) is 11.5 Å². The van der Waals surface area contributed by atoms with Gasteiger partial charge in [0.1, 0.15) is 11.5 Å². The van der Waals surface area contributed by atoms with E-state index in [0.717, 1.165) is 11.4 Å². The van der Waals surface area contributed by atoms with Gasteiger partial charge in [0.2, 0.25) is 5.91 Å². The Balaban J connectivity index is 2.08. The lowest BCUT2D eigenvalue weighted by Gasteiger charge is -2.14. The number of ether oxygens (including phenoxy) is 2. The molecule has 0 aliphatic carbocycles. The van der Waals surface area contributed by atoms with Crippen molar-refractivity contribution in [2.24, 2.45) is 0 Å². The Kier molecular flexibility index (Phi) is 5.55. The van der Waals surface area contributed by atoms with Crippen LogP contribution in [0.4, 0.5) is 5.69 Å². The number of aromatic nitrogens is 1. The third-order valence-electron chi connectivity index (χ3n) is 3.73. The number of rotatable bonds is 6. The number of hydrogen-bond acceptors (Lipinski definition) is 3. The first-order chi connectivity index (χ1) is 11.0. The molecule has 124 valence electrons. The first-order valence-corrected chi connectivity index (χ1v) is 7.68. The van der Waals surface area contributed by atoms with Crippen LogP contribution < -0.4 is 14.8 Å². The summed E-state index contributed by atoms with van der Waals surface area (Å²) in [5.74, 6) is 0.887. The second kappa shape index (κ2) is 7.42. The summed E-state index contributed by atoms with van der Waals surface area (Å²) < 4.78 is 12.5. The Morgan fingerprint density at radius 1 is 1.13 bits per heavy atom. The monoisotopic (exact) mass is 336 g/mol. The minimum atomic E-state index is -0.0971. The van der Waals surface area contributed by atoms with Crippen LogP contribution >= 0.6 is 11.6 Å². The maximum absolute atomic E-state index is 12.2. The van der Waals surface area contributed by atoms with Crippen molar-refractivity contribution in [3.05, 3.63) is 40.7 Å². The van der Waals surface area contributed by atoms with E-state index < -0.39 is 0 Å². The lowest BCUT2D eigenvalue weighted by Crippen LogP contribution is -2.16. The van der Waals surface area contributed by atoms with Gasteiger partial charge in [-0.1, -0.05) is 11.6 Å². The lowest BCUT2D eigenvalue weighted by atomic mass is 10.2. The van der Waals surface area contributed by atoms with Crippen LogP contribution in [-0.2, 0) is 11.3 Å². The van der Waals surface area contributed by atoms with E-state index in [9.17, 15) is 4.79 Å². The Bertz CT molecular complexity index is 691. The summed E-state index contributed by atoms with van der Waals surface area (Å²) in [7, 11) is 3.05. The summed E-state index contributed by atoms with van der Waals surface area (Å²) in [6.07, 6.45) is 0.366. The van der Waals surface area contributed by atoms with Crippen LogP contribution in [0.2, 0.25) is 5.02 Å². The van der Waals surface area contributed by atoms with Gasteiger partial charge in [0.05, 0.1) is 24.9 Å². The Morgan fingerprint density at radius 2 is 1.74 bits per heavy atom. The number of halogens is 1. The smallest absolute Gasteiger partial charge is 0.226 e. The van der Waals surface area contributed by atoms with Gasteiger partial charge in [0, 0.05) is 36.5 Å². The predicted molar refractivity (Wildman–Crippen MR) is 91.7 cm³/mol. The fourth-order valence-corrected chi connectivity index (χ4v) is 2.67. The van der Waals surface area contributed by atoms with E-state index >= 15 is 0 Å². The van der Waals surface area contributed by atoms with Crippen molar-refractivity contribution in [1.82, 2.24) is 4.57 Å². The first-order valence-electron chi connectivity index (χ1n) is 7.30. The van der Waals surface area contributed by atoms with Crippen LogP contribution in [0.3, 0.4) is 0 Å². The molecule has 1 amide bonds. The Labute approximate surface area is 141 Å². The zero-order valence-electron chi connectivity index (χ0n) is 13.8. The van der Waals surface area contributed by atoms with Crippen molar-refractivity contribution in [1.29, 1.82) is 0 Å². The van der Waals surface area contributed by atoms with E-state index in [-0.39, 0.29) is 5.91 Å². The number of aryl methyl sites for hydroxylation is 2. The molecule has 0 spiro atoms. The number of benzene rings is 1. The molecule has 23 heavy (non-hydrogen) atoms. The molecule has 0 bridgehead atoms. The highest BCUT2D eigenvalue weighted by Gasteiger charge is 2.13. The van der Waals surface area contributed by atoms with E-state index in [0.29, 0.717) is 35.2 Å². The molecule has 2 rings (SSSR count). The third-order valence-corrected chi connectivity index (χ3v) is 4.02. The number of carbonyl (C=O) groups is 1. The van der Waals surface area contributed by atoms with Crippen LogP contribution in [-0.4, -0.2) is 24.7 Å². The number of anilines is 1. The molecule has 1 aromatic heterocycles. The fourth-order valence-electron chi connectivity index (χ4n) is 2.44. The van der Waals surface area contributed by atoms with Crippen molar-refractivity contribution in [2.45, 2.75) is 26.8 Å². The van der Waals surface area contributed by atoms with Crippen molar-refractivity contribution in [3.63, 3.8) is 0 Å². The minimum Gasteiger partial charge on any atom is -0.495 e. The van der Waals surface area contributed by atoms with Crippen molar-refractivity contribution in [2.75, 3.05) is 19.5 Å². The highest BCUT2D eigenvalue weighted by Crippen LogP contribution is 2.35. The van der Waals surface area contributed by atoms with Gasteiger partial charge in [0.25, 0.3) is 0 Å². The Morgan fingerprint density at radius 3 is 2.30 bits per heavy atom. The molecule has 0 fully saturated rings. The van der Waals surface area contributed by atoms with E-state index in [2.05, 4.69) is 9.88 Å². The van der Waals surface area contributed by atoms with Crippen molar-refractivity contribution >= 4 is 23.2 Å². The molecule has 5 nitrogen and oxygen atoms in total. The normalized spacial score (nSPS) is 10.5. The minimum absolute atomic E-state index is 0.0971. The third kappa shape index (κ3) is 3.99. The molecular weight excluding hydrogens is 316 g/mol. The summed E-state index contributed by atoms with van der Waals surface area (Å²) in [6, 6.07) is 7.36. The molecule has 1 aromatic carbocycles. The van der Waals surface area contributed by atoms with Gasteiger partial charge in [-0.25, -0.2) is 0 Å². The molecule has 0 atom stereocenters. The molecule has 0 unspecified atom stereocenters. The predicted octanol–water partition coefficient (Wildman–Crippen LogP) is 3.80. The molecule has 0 aliphatic heterocycles. The molecular formula is C17H21ClN2O3. The lowest BCUT2D eigenvalue weighted by molar-refractivity contribution is -0.116. The van der Waals surface area contributed by atoms with E-state index in [1.807, 2.05) is 26.0 Å². The average Bonchev–Trinajstić information content (AvgIpc) is 2.85. The van der Waals surface area contributed by atoms with Crippen LogP contribution in [0, 0.1) is 13.8 Å². The van der Waals surface area contributed by atoms with Gasteiger partial charge in [0.15, 0.2) is 0 Å². The standard InChI is InChI=1S/C17H21ClN2O3/c1-11-5-6-12(2)20(11)8-7-17(21)19-14-10-15(22-3)13(18)9-16(14)23-4/h5-6,9-10H,7-8H2,1-4H3,(H,19,21). The summed E-state index contributed by atoms with van der Waals surface area (Å²) in [5, 5.41) is 3.28. The van der Waals surface area contributed by atoms with Crippen LogP contribution in [0.15, 0.2) is 24.3 Å². The van der Waals surface area contributed by atoms with Gasteiger partial charge in [-0.05, 0) is 26.0 Å². The van der Waals surface area contributed by atoms with Crippen LogP contribution in [0.25, 0.3) is 0 Å².